The maximum atomic E-state index is 12.8. The molecule has 0 aliphatic carbocycles. The molecule has 0 saturated heterocycles. The zero-order chi connectivity index (χ0) is 12.1. The summed E-state index contributed by atoms with van der Waals surface area (Å²) in [6.07, 6.45) is 0.346. The molecular formula is C12H17ClFNO. The highest BCUT2D eigenvalue weighted by molar-refractivity contribution is 6.31. The van der Waals surface area contributed by atoms with E-state index in [9.17, 15) is 9.50 Å². The Hall–Kier alpha value is -0.640. The molecule has 0 radical (unpaired) electrons. The predicted molar refractivity (Wildman–Crippen MR) is 64.1 cm³/mol. The van der Waals surface area contributed by atoms with Crippen LogP contribution in [0.3, 0.4) is 0 Å². The van der Waals surface area contributed by atoms with Crippen LogP contribution in [0, 0.1) is 5.82 Å². The first-order valence-electron chi connectivity index (χ1n) is 5.41. The molecule has 4 heteroatoms. The second kappa shape index (κ2) is 6.18. The fraction of sp³-hybridized carbons (Fsp3) is 0.500. The lowest BCUT2D eigenvalue weighted by Crippen LogP contribution is -2.28. The predicted octanol–water partition coefficient (Wildman–Crippen LogP) is 2.90. The van der Waals surface area contributed by atoms with Crippen LogP contribution in [-0.2, 0) is 0 Å². The van der Waals surface area contributed by atoms with Gasteiger partial charge in [0, 0.05) is 17.6 Å². The summed E-state index contributed by atoms with van der Waals surface area (Å²) >= 11 is 5.93. The highest BCUT2D eigenvalue weighted by Gasteiger charge is 2.11. The number of hydrogen-bond donors (Lipinski definition) is 2. The SMILES string of the molecule is CCC(O)CNC(C)c1ccc(F)cc1Cl. The van der Waals surface area contributed by atoms with E-state index >= 15 is 0 Å². The molecule has 2 unspecified atom stereocenters. The molecule has 0 spiro atoms. The van der Waals surface area contributed by atoms with Gasteiger partial charge < -0.3 is 10.4 Å². The quantitative estimate of drug-likeness (QED) is 0.836. The van der Waals surface area contributed by atoms with E-state index in [0.29, 0.717) is 18.0 Å². The van der Waals surface area contributed by atoms with Crippen LogP contribution in [0.4, 0.5) is 4.39 Å². The van der Waals surface area contributed by atoms with E-state index in [1.807, 2.05) is 13.8 Å². The summed E-state index contributed by atoms with van der Waals surface area (Å²) in [6, 6.07) is 4.34. The van der Waals surface area contributed by atoms with Crippen LogP contribution in [0.5, 0.6) is 0 Å². The van der Waals surface area contributed by atoms with Crippen LogP contribution in [0.2, 0.25) is 5.02 Å². The standard InChI is InChI=1S/C12H17ClFNO/c1-3-10(16)7-15-8(2)11-5-4-9(14)6-12(11)13/h4-6,8,10,15-16H,3,7H2,1-2H3. The van der Waals surface area contributed by atoms with Crippen LogP contribution in [0.1, 0.15) is 31.9 Å². The minimum atomic E-state index is -0.360. The fourth-order valence-corrected chi connectivity index (χ4v) is 1.75. The third-order valence-corrected chi connectivity index (χ3v) is 2.89. The molecule has 0 aromatic heterocycles. The van der Waals surface area contributed by atoms with Crippen molar-refractivity contribution in [3.8, 4) is 0 Å². The van der Waals surface area contributed by atoms with Crippen LogP contribution in [0.15, 0.2) is 18.2 Å². The highest BCUT2D eigenvalue weighted by Crippen LogP contribution is 2.23. The summed E-state index contributed by atoms with van der Waals surface area (Å²) < 4.78 is 12.8. The third-order valence-electron chi connectivity index (χ3n) is 2.56. The van der Waals surface area contributed by atoms with Gasteiger partial charge in [-0.15, -0.1) is 0 Å². The average Bonchev–Trinajstić information content (AvgIpc) is 2.25. The summed E-state index contributed by atoms with van der Waals surface area (Å²) in [4.78, 5) is 0. The normalized spacial score (nSPS) is 14.8. The molecule has 1 rings (SSSR count). The summed E-state index contributed by atoms with van der Waals surface area (Å²) in [5, 5.41) is 13.0. The lowest BCUT2D eigenvalue weighted by Gasteiger charge is -2.17. The molecule has 1 aromatic rings. The number of rotatable bonds is 5. The number of aliphatic hydroxyl groups excluding tert-OH is 1. The molecule has 90 valence electrons. The molecule has 0 bridgehead atoms. The van der Waals surface area contributed by atoms with Crippen molar-refractivity contribution in [1.82, 2.24) is 5.32 Å². The monoisotopic (exact) mass is 245 g/mol. The van der Waals surface area contributed by atoms with Crippen molar-refractivity contribution in [2.24, 2.45) is 0 Å². The minimum absolute atomic E-state index is 0.00528. The smallest absolute Gasteiger partial charge is 0.124 e. The van der Waals surface area contributed by atoms with Crippen molar-refractivity contribution in [3.05, 3.63) is 34.6 Å². The average molecular weight is 246 g/mol. The second-order valence-corrected chi connectivity index (χ2v) is 4.27. The summed E-state index contributed by atoms with van der Waals surface area (Å²) in [5.74, 6) is -0.338. The summed E-state index contributed by atoms with van der Waals surface area (Å²) in [6.45, 7) is 4.36. The molecule has 1 aromatic carbocycles. The van der Waals surface area contributed by atoms with E-state index < -0.39 is 0 Å². The van der Waals surface area contributed by atoms with Gasteiger partial charge >= 0.3 is 0 Å². The van der Waals surface area contributed by atoms with Gasteiger partial charge in [0.2, 0.25) is 0 Å². The van der Waals surface area contributed by atoms with E-state index in [-0.39, 0.29) is 18.0 Å². The molecule has 16 heavy (non-hydrogen) atoms. The molecule has 2 nitrogen and oxygen atoms in total. The second-order valence-electron chi connectivity index (χ2n) is 3.86. The van der Waals surface area contributed by atoms with Crippen molar-refractivity contribution in [2.75, 3.05) is 6.54 Å². The van der Waals surface area contributed by atoms with Crippen molar-refractivity contribution in [3.63, 3.8) is 0 Å². The van der Waals surface area contributed by atoms with Crippen LogP contribution < -0.4 is 5.32 Å². The number of halogens is 2. The van der Waals surface area contributed by atoms with E-state index in [2.05, 4.69) is 5.32 Å². The van der Waals surface area contributed by atoms with Gasteiger partial charge in [0.1, 0.15) is 5.82 Å². The molecule has 0 aliphatic heterocycles. The number of nitrogens with one attached hydrogen (secondary N) is 1. The Morgan fingerprint density at radius 3 is 2.75 bits per heavy atom. The van der Waals surface area contributed by atoms with E-state index in [0.717, 1.165) is 5.56 Å². The largest absolute Gasteiger partial charge is 0.392 e. The Labute approximate surface area is 100 Å². The van der Waals surface area contributed by atoms with E-state index in [1.165, 1.54) is 12.1 Å². The molecule has 0 heterocycles. The first kappa shape index (κ1) is 13.4. The summed E-state index contributed by atoms with van der Waals surface area (Å²) in [7, 11) is 0. The Balaban J connectivity index is 2.62. The topological polar surface area (TPSA) is 32.3 Å². The van der Waals surface area contributed by atoms with Gasteiger partial charge in [-0.05, 0) is 31.0 Å². The van der Waals surface area contributed by atoms with Gasteiger partial charge in [-0.3, -0.25) is 0 Å². The van der Waals surface area contributed by atoms with Gasteiger partial charge in [-0.2, -0.15) is 0 Å². The molecule has 0 fully saturated rings. The molecule has 2 atom stereocenters. The van der Waals surface area contributed by atoms with Gasteiger partial charge in [0.05, 0.1) is 6.10 Å². The minimum Gasteiger partial charge on any atom is -0.392 e. The fourth-order valence-electron chi connectivity index (χ4n) is 1.42. The molecule has 2 N–H and O–H groups in total. The molecule has 0 amide bonds. The van der Waals surface area contributed by atoms with Gasteiger partial charge in [0.15, 0.2) is 0 Å². The first-order valence-corrected chi connectivity index (χ1v) is 5.78. The lowest BCUT2D eigenvalue weighted by molar-refractivity contribution is 0.164. The zero-order valence-electron chi connectivity index (χ0n) is 9.50. The molecule has 0 aliphatic rings. The van der Waals surface area contributed by atoms with Crippen LogP contribution >= 0.6 is 11.6 Å². The Morgan fingerprint density at radius 2 is 2.19 bits per heavy atom. The van der Waals surface area contributed by atoms with Gasteiger partial charge in [-0.1, -0.05) is 24.6 Å². The van der Waals surface area contributed by atoms with Crippen molar-refractivity contribution in [1.29, 1.82) is 0 Å². The maximum Gasteiger partial charge on any atom is 0.124 e. The molecule has 0 saturated carbocycles. The van der Waals surface area contributed by atoms with Crippen molar-refractivity contribution < 1.29 is 9.50 Å². The van der Waals surface area contributed by atoms with E-state index in [1.54, 1.807) is 6.07 Å². The Morgan fingerprint density at radius 1 is 1.50 bits per heavy atom. The lowest BCUT2D eigenvalue weighted by atomic mass is 10.1. The third kappa shape index (κ3) is 3.74. The number of aliphatic hydroxyl groups is 1. The van der Waals surface area contributed by atoms with Crippen LogP contribution in [-0.4, -0.2) is 17.8 Å². The number of hydrogen-bond acceptors (Lipinski definition) is 2. The Kier molecular flexibility index (Phi) is 5.19. The van der Waals surface area contributed by atoms with E-state index in [4.69, 9.17) is 11.6 Å². The van der Waals surface area contributed by atoms with Crippen LogP contribution in [0.25, 0.3) is 0 Å². The molecular weight excluding hydrogens is 229 g/mol. The Bertz CT molecular complexity index is 346. The zero-order valence-corrected chi connectivity index (χ0v) is 10.3. The van der Waals surface area contributed by atoms with Crippen molar-refractivity contribution in [2.45, 2.75) is 32.4 Å². The van der Waals surface area contributed by atoms with Gasteiger partial charge in [0.25, 0.3) is 0 Å². The summed E-state index contributed by atoms with van der Waals surface area (Å²) in [5.41, 5.74) is 0.839. The number of benzene rings is 1. The first-order chi connectivity index (χ1) is 7.54. The highest BCUT2D eigenvalue weighted by atomic mass is 35.5. The maximum absolute atomic E-state index is 12.8. The van der Waals surface area contributed by atoms with Crippen molar-refractivity contribution >= 4 is 11.6 Å². The van der Waals surface area contributed by atoms with Gasteiger partial charge in [-0.25, -0.2) is 4.39 Å².